The topological polar surface area (TPSA) is 44.9 Å². The first-order chi connectivity index (χ1) is 11.2. The number of hydrogen-bond donors (Lipinski definition) is 2. The van der Waals surface area contributed by atoms with E-state index in [0.717, 1.165) is 34.9 Å². The zero-order valence-corrected chi connectivity index (χ0v) is 12.6. The molecule has 3 nitrogen and oxygen atoms in total. The Morgan fingerprint density at radius 2 is 1.87 bits per heavy atom. The first-order valence-electron chi connectivity index (χ1n) is 7.78. The van der Waals surface area contributed by atoms with Gasteiger partial charge in [-0.2, -0.15) is 0 Å². The Labute approximate surface area is 133 Å². The molecule has 1 heterocycles. The quantitative estimate of drug-likeness (QED) is 0.759. The Bertz CT molecular complexity index is 862. The fourth-order valence-electron chi connectivity index (χ4n) is 3.14. The van der Waals surface area contributed by atoms with Crippen molar-refractivity contribution in [3.05, 3.63) is 71.7 Å². The summed E-state index contributed by atoms with van der Waals surface area (Å²) in [6, 6.07) is 14.4. The molecule has 0 atom stereocenters. The summed E-state index contributed by atoms with van der Waals surface area (Å²) in [5.74, 6) is -0.258. The van der Waals surface area contributed by atoms with Gasteiger partial charge in [-0.3, -0.25) is 4.79 Å². The van der Waals surface area contributed by atoms with Crippen LogP contribution in [0.4, 0.5) is 4.39 Å². The van der Waals surface area contributed by atoms with Crippen molar-refractivity contribution in [3.8, 4) is 0 Å². The molecule has 1 amide bonds. The lowest BCUT2D eigenvalue weighted by molar-refractivity contribution is -0.121. The van der Waals surface area contributed by atoms with E-state index in [1.165, 1.54) is 12.1 Å². The van der Waals surface area contributed by atoms with Crippen molar-refractivity contribution in [2.45, 2.75) is 24.8 Å². The van der Waals surface area contributed by atoms with Crippen LogP contribution in [0.15, 0.2) is 54.7 Å². The van der Waals surface area contributed by atoms with Gasteiger partial charge in [-0.1, -0.05) is 30.3 Å². The molecule has 0 saturated heterocycles. The zero-order valence-electron chi connectivity index (χ0n) is 12.6. The molecule has 2 aromatic carbocycles. The number of aromatic nitrogens is 1. The van der Waals surface area contributed by atoms with Gasteiger partial charge in [0.05, 0.1) is 12.0 Å². The molecule has 1 aliphatic carbocycles. The van der Waals surface area contributed by atoms with E-state index < -0.39 is 0 Å². The third-order valence-corrected chi connectivity index (χ3v) is 4.55. The van der Waals surface area contributed by atoms with Crippen LogP contribution in [0.25, 0.3) is 10.9 Å². The van der Waals surface area contributed by atoms with Crippen LogP contribution in [0, 0.1) is 5.82 Å². The van der Waals surface area contributed by atoms with E-state index in [0.29, 0.717) is 6.42 Å². The van der Waals surface area contributed by atoms with Crippen LogP contribution in [-0.2, 0) is 16.8 Å². The molecule has 0 radical (unpaired) electrons. The largest absolute Gasteiger partial charge is 0.361 e. The monoisotopic (exact) mass is 308 g/mol. The Morgan fingerprint density at radius 1 is 1.13 bits per heavy atom. The summed E-state index contributed by atoms with van der Waals surface area (Å²) in [7, 11) is 0. The zero-order chi connectivity index (χ0) is 15.9. The minimum absolute atomic E-state index is 0.00317. The maximum Gasteiger partial charge on any atom is 0.225 e. The molecule has 1 saturated carbocycles. The second kappa shape index (κ2) is 5.23. The lowest BCUT2D eigenvalue weighted by atomic mass is 10.0. The van der Waals surface area contributed by atoms with E-state index in [2.05, 4.69) is 10.3 Å². The molecule has 1 fully saturated rings. The Kier molecular flexibility index (Phi) is 3.18. The minimum Gasteiger partial charge on any atom is -0.361 e. The van der Waals surface area contributed by atoms with E-state index in [1.807, 2.05) is 30.5 Å². The van der Waals surface area contributed by atoms with Crippen molar-refractivity contribution >= 4 is 16.8 Å². The minimum atomic E-state index is -0.309. The van der Waals surface area contributed by atoms with Gasteiger partial charge in [0, 0.05) is 17.1 Å². The van der Waals surface area contributed by atoms with Crippen LogP contribution in [0.2, 0.25) is 0 Å². The molecule has 3 aromatic rings. The number of carbonyl (C=O) groups is 1. The number of fused-ring (bicyclic) bond motifs is 1. The normalized spacial score (nSPS) is 15.5. The van der Waals surface area contributed by atoms with Gasteiger partial charge in [0.25, 0.3) is 0 Å². The van der Waals surface area contributed by atoms with Crippen LogP contribution in [0.1, 0.15) is 24.0 Å². The summed E-state index contributed by atoms with van der Waals surface area (Å²) in [6.45, 7) is 0. The van der Waals surface area contributed by atoms with Gasteiger partial charge in [0.15, 0.2) is 0 Å². The summed E-state index contributed by atoms with van der Waals surface area (Å²) in [4.78, 5) is 15.6. The van der Waals surface area contributed by atoms with Gasteiger partial charge in [0.1, 0.15) is 5.82 Å². The van der Waals surface area contributed by atoms with E-state index in [-0.39, 0.29) is 17.3 Å². The Hall–Kier alpha value is -2.62. The van der Waals surface area contributed by atoms with Crippen molar-refractivity contribution in [2.75, 3.05) is 0 Å². The van der Waals surface area contributed by atoms with Crippen LogP contribution in [0.3, 0.4) is 0 Å². The summed E-state index contributed by atoms with van der Waals surface area (Å²) in [5.41, 5.74) is 2.70. The summed E-state index contributed by atoms with van der Waals surface area (Å²) < 4.78 is 13.1. The number of benzene rings is 2. The first-order valence-corrected chi connectivity index (χ1v) is 7.78. The molecule has 0 bridgehead atoms. The molecule has 1 aliphatic rings. The number of para-hydroxylation sites is 1. The predicted molar refractivity (Wildman–Crippen MR) is 87.5 cm³/mol. The maximum absolute atomic E-state index is 13.1. The van der Waals surface area contributed by atoms with Crippen molar-refractivity contribution < 1.29 is 9.18 Å². The van der Waals surface area contributed by atoms with E-state index in [4.69, 9.17) is 0 Å². The number of aromatic amines is 1. The van der Waals surface area contributed by atoms with Crippen molar-refractivity contribution in [2.24, 2.45) is 0 Å². The average Bonchev–Trinajstić information content (AvgIpc) is 3.22. The highest BCUT2D eigenvalue weighted by Crippen LogP contribution is 2.45. The molecule has 23 heavy (non-hydrogen) atoms. The summed E-state index contributed by atoms with van der Waals surface area (Å²) >= 11 is 0. The number of hydrogen-bond acceptors (Lipinski definition) is 1. The molecule has 4 rings (SSSR count). The molecule has 2 N–H and O–H groups in total. The van der Waals surface area contributed by atoms with E-state index in [1.54, 1.807) is 12.1 Å². The number of rotatable bonds is 4. The highest BCUT2D eigenvalue weighted by Gasteiger charge is 2.45. The summed E-state index contributed by atoms with van der Waals surface area (Å²) in [6.07, 6.45) is 4.03. The SMILES string of the molecule is O=C(Cc1c[nH]c2ccccc12)NC1(c2ccc(F)cc2)CC1. The lowest BCUT2D eigenvalue weighted by Gasteiger charge is -2.18. The third kappa shape index (κ3) is 2.61. The second-order valence-corrected chi connectivity index (χ2v) is 6.17. The molecular formula is C19H17FN2O. The van der Waals surface area contributed by atoms with Gasteiger partial charge >= 0.3 is 0 Å². The van der Waals surface area contributed by atoms with Gasteiger partial charge in [0.2, 0.25) is 5.91 Å². The third-order valence-electron chi connectivity index (χ3n) is 4.55. The van der Waals surface area contributed by atoms with Crippen LogP contribution in [-0.4, -0.2) is 10.9 Å². The molecule has 0 spiro atoms. The first kappa shape index (κ1) is 14.0. The van der Waals surface area contributed by atoms with Gasteiger partial charge in [-0.15, -0.1) is 0 Å². The Balaban J connectivity index is 1.51. The maximum atomic E-state index is 13.1. The highest BCUT2D eigenvalue weighted by atomic mass is 19.1. The lowest BCUT2D eigenvalue weighted by Crippen LogP contribution is -2.35. The van der Waals surface area contributed by atoms with E-state index in [9.17, 15) is 9.18 Å². The number of nitrogens with one attached hydrogen (secondary N) is 2. The fourth-order valence-corrected chi connectivity index (χ4v) is 3.14. The van der Waals surface area contributed by atoms with Gasteiger partial charge < -0.3 is 10.3 Å². The fraction of sp³-hybridized carbons (Fsp3) is 0.211. The van der Waals surface area contributed by atoms with Gasteiger partial charge in [-0.25, -0.2) is 4.39 Å². The molecule has 1 aromatic heterocycles. The van der Waals surface area contributed by atoms with Crippen molar-refractivity contribution in [1.29, 1.82) is 0 Å². The molecular weight excluding hydrogens is 291 g/mol. The number of H-pyrrole nitrogens is 1. The van der Waals surface area contributed by atoms with E-state index >= 15 is 0 Å². The number of halogens is 1. The molecule has 0 aliphatic heterocycles. The summed E-state index contributed by atoms with van der Waals surface area (Å²) in [5, 5.41) is 4.21. The smallest absolute Gasteiger partial charge is 0.225 e. The second-order valence-electron chi connectivity index (χ2n) is 6.17. The highest BCUT2D eigenvalue weighted by molar-refractivity contribution is 5.89. The van der Waals surface area contributed by atoms with Crippen molar-refractivity contribution in [3.63, 3.8) is 0 Å². The average molecular weight is 308 g/mol. The standard InChI is InChI=1S/C19H17FN2O/c20-15-7-5-14(6-8-15)19(9-10-19)22-18(23)11-13-12-21-17-4-2-1-3-16(13)17/h1-8,12,21H,9-11H2,(H,22,23). The van der Waals surface area contributed by atoms with Gasteiger partial charge in [-0.05, 0) is 42.2 Å². The van der Waals surface area contributed by atoms with Crippen molar-refractivity contribution in [1.82, 2.24) is 10.3 Å². The van der Waals surface area contributed by atoms with Crippen LogP contribution < -0.4 is 5.32 Å². The van der Waals surface area contributed by atoms with Crippen LogP contribution in [0.5, 0.6) is 0 Å². The molecule has 4 heteroatoms. The number of amides is 1. The molecule has 116 valence electrons. The number of carbonyl (C=O) groups excluding carboxylic acids is 1. The van der Waals surface area contributed by atoms with Crippen LogP contribution >= 0.6 is 0 Å². The molecule has 0 unspecified atom stereocenters. The Morgan fingerprint density at radius 3 is 2.61 bits per heavy atom. The predicted octanol–water partition coefficient (Wildman–Crippen LogP) is 3.66.